The van der Waals surface area contributed by atoms with Gasteiger partial charge in [0.15, 0.2) is 0 Å². The van der Waals surface area contributed by atoms with E-state index in [1.807, 2.05) is 27.7 Å². The van der Waals surface area contributed by atoms with E-state index in [2.05, 4.69) is 94.8 Å². The largest absolute Gasteiger partial charge is 0.456 e. The molecule has 3 nitrogen and oxygen atoms in total. The van der Waals surface area contributed by atoms with Crippen molar-refractivity contribution in [2.75, 3.05) is 33.1 Å². The summed E-state index contributed by atoms with van der Waals surface area (Å²) in [7, 11) is 8.21. The van der Waals surface area contributed by atoms with E-state index in [-0.39, 0.29) is 5.41 Å². The van der Waals surface area contributed by atoms with Gasteiger partial charge in [-0.05, 0) is 29.2 Å². The second-order valence-electron chi connectivity index (χ2n) is 7.88. The number of hydrogen-bond donors (Lipinski definition) is 0. The quantitative estimate of drug-likeness (QED) is 0.380. The van der Waals surface area contributed by atoms with Gasteiger partial charge in [-0.15, -0.1) is 0 Å². The zero-order valence-corrected chi connectivity index (χ0v) is 19.8. The number of rotatable bonds is 1. The summed E-state index contributed by atoms with van der Waals surface area (Å²) < 4.78 is 8.41. The number of nitrogens with zero attached hydrogens (tertiary/aromatic N) is 2. The topological polar surface area (TPSA) is 19.4 Å². The molecule has 28 heavy (non-hydrogen) atoms. The third-order valence-corrected chi connectivity index (χ3v) is 4.47. The standard InChI is InChI=1S/C21H27N2O.2C2H6/c1-21(2,3)20-16-10-8-14(22(4)5)12-18(16)24-19-13-15(23(6)7)9-11-17(19)20;2*1-2/h8-13H,1-7H3;2*1-2H3/q+1;;. The first-order chi connectivity index (χ1) is 13.2. The van der Waals surface area contributed by atoms with E-state index in [1.165, 1.54) is 16.5 Å². The summed E-state index contributed by atoms with van der Waals surface area (Å²) in [6.07, 6.45) is 0. The summed E-state index contributed by atoms with van der Waals surface area (Å²) in [6, 6.07) is 13.0. The minimum atomic E-state index is 0.0343. The second-order valence-corrected chi connectivity index (χ2v) is 7.88. The predicted molar refractivity (Wildman–Crippen MR) is 126 cm³/mol. The fraction of sp³-hybridized carbons (Fsp3) is 0.480. The van der Waals surface area contributed by atoms with Crippen molar-refractivity contribution >= 4 is 16.7 Å². The van der Waals surface area contributed by atoms with Gasteiger partial charge in [0.05, 0.1) is 6.07 Å². The average Bonchev–Trinajstić information content (AvgIpc) is 2.67. The van der Waals surface area contributed by atoms with E-state index in [0.717, 1.165) is 22.4 Å². The van der Waals surface area contributed by atoms with Crippen molar-refractivity contribution in [1.82, 2.24) is 4.58 Å². The van der Waals surface area contributed by atoms with E-state index in [0.29, 0.717) is 0 Å². The monoisotopic (exact) mass is 383 g/mol. The summed E-state index contributed by atoms with van der Waals surface area (Å²) >= 11 is 0. The summed E-state index contributed by atoms with van der Waals surface area (Å²) in [4.78, 5) is 2.10. The van der Waals surface area contributed by atoms with Crippen LogP contribution >= 0.6 is 0 Å². The molecule has 0 saturated heterocycles. The second kappa shape index (κ2) is 9.77. The molecular formula is C25H39N2O+. The van der Waals surface area contributed by atoms with E-state index >= 15 is 0 Å². The smallest absolute Gasteiger partial charge is 0.203 e. The number of anilines is 1. The first kappa shape index (κ1) is 23.7. The molecule has 0 unspecified atom stereocenters. The Hall–Kier alpha value is -2.29. The van der Waals surface area contributed by atoms with Gasteiger partial charge >= 0.3 is 0 Å². The van der Waals surface area contributed by atoms with Gasteiger partial charge in [0.2, 0.25) is 5.36 Å². The Morgan fingerprint density at radius 2 is 1.46 bits per heavy atom. The lowest BCUT2D eigenvalue weighted by Crippen LogP contribution is -2.22. The molecule has 0 bridgehead atoms. The van der Waals surface area contributed by atoms with Gasteiger partial charge in [-0.1, -0.05) is 48.5 Å². The van der Waals surface area contributed by atoms with Crippen LogP contribution in [0.5, 0.6) is 0 Å². The van der Waals surface area contributed by atoms with E-state index in [9.17, 15) is 0 Å². The van der Waals surface area contributed by atoms with Crippen LogP contribution in [0, 0.1) is 0 Å². The van der Waals surface area contributed by atoms with Gasteiger partial charge in [-0.2, -0.15) is 0 Å². The van der Waals surface area contributed by atoms with Gasteiger partial charge in [0.1, 0.15) is 25.4 Å². The molecule has 1 aromatic carbocycles. The molecule has 0 fully saturated rings. The Kier molecular flexibility index (Phi) is 8.29. The normalized spacial score (nSPS) is 10.7. The van der Waals surface area contributed by atoms with Crippen LogP contribution in [0.1, 0.15) is 54.0 Å². The highest BCUT2D eigenvalue weighted by atomic mass is 16.3. The van der Waals surface area contributed by atoms with Crippen LogP contribution in [0.15, 0.2) is 40.8 Å². The number of fused-ring (bicyclic) bond motifs is 2. The molecule has 154 valence electrons. The molecule has 0 N–H and O–H groups in total. The summed E-state index contributed by atoms with van der Waals surface area (Å²) in [5, 5.41) is 2.34. The third kappa shape index (κ3) is 4.95. The average molecular weight is 384 g/mol. The maximum atomic E-state index is 6.31. The van der Waals surface area contributed by atoms with Gasteiger partial charge < -0.3 is 9.32 Å². The maximum absolute atomic E-state index is 6.31. The van der Waals surface area contributed by atoms with Crippen molar-refractivity contribution in [2.24, 2.45) is 0 Å². The van der Waals surface area contributed by atoms with Crippen molar-refractivity contribution in [3.8, 4) is 11.3 Å². The first-order valence-corrected chi connectivity index (χ1v) is 10.4. The minimum Gasteiger partial charge on any atom is -0.456 e. The van der Waals surface area contributed by atoms with Gasteiger partial charge in [0.25, 0.3) is 0 Å². The molecule has 2 aliphatic rings. The minimum absolute atomic E-state index is 0.0343. The molecule has 0 saturated carbocycles. The number of benzene rings is 2. The zero-order chi connectivity index (χ0) is 21.6. The summed E-state index contributed by atoms with van der Waals surface area (Å²) in [6.45, 7) is 14.8. The van der Waals surface area contributed by atoms with Crippen molar-refractivity contribution in [3.05, 3.63) is 47.3 Å². The fourth-order valence-corrected chi connectivity index (χ4v) is 3.23. The Morgan fingerprint density at radius 3 is 1.96 bits per heavy atom. The highest BCUT2D eigenvalue weighted by Gasteiger charge is 2.25. The van der Waals surface area contributed by atoms with Crippen LogP contribution in [0.4, 0.5) is 5.69 Å². The molecule has 3 heteroatoms. The van der Waals surface area contributed by atoms with Crippen molar-refractivity contribution in [3.63, 3.8) is 0 Å². The molecule has 1 aromatic rings. The molecule has 1 aliphatic heterocycles. The SMILES string of the molecule is CC.CC.CN(C)c1ccc2c(C(C)(C)C)c3ccc(=[N+](C)C)cc-3oc2c1. The first-order valence-electron chi connectivity index (χ1n) is 10.4. The molecule has 0 spiro atoms. The molecular weight excluding hydrogens is 344 g/mol. The van der Waals surface area contributed by atoms with Crippen LogP contribution in [0.2, 0.25) is 0 Å². The molecule has 1 heterocycles. The highest BCUT2D eigenvalue weighted by molar-refractivity contribution is 5.91. The van der Waals surface area contributed by atoms with E-state index in [4.69, 9.17) is 4.42 Å². The van der Waals surface area contributed by atoms with Crippen LogP contribution in [-0.4, -0.2) is 28.2 Å². The van der Waals surface area contributed by atoms with Crippen LogP contribution < -0.4 is 14.8 Å². The van der Waals surface area contributed by atoms with Gasteiger partial charge in [0, 0.05) is 42.9 Å². The Bertz CT molecular complexity index is 939. The molecule has 0 aromatic heterocycles. The van der Waals surface area contributed by atoms with Gasteiger partial charge in [-0.3, -0.25) is 0 Å². The predicted octanol–water partition coefficient (Wildman–Crippen LogP) is 5.99. The Morgan fingerprint density at radius 1 is 0.857 bits per heavy atom. The zero-order valence-electron chi connectivity index (χ0n) is 19.8. The summed E-state index contributed by atoms with van der Waals surface area (Å²) in [5.41, 5.74) is 4.66. The maximum Gasteiger partial charge on any atom is 0.203 e. The Labute approximate surface area is 171 Å². The van der Waals surface area contributed by atoms with Crippen molar-refractivity contribution in [1.29, 1.82) is 0 Å². The Balaban J connectivity index is 0.000000921. The fourth-order valence-electron chi connectivity index (χ4n) is 3.23. The van der Waals surface area contributed by atoms with Crippen LogP contribution in [0.25, 0.3) is 22.3 Å². The molecule has 1 aliphatic carbocycles. The van der Waals surface area contributed by atoms with Crippen molar-refractivity contribution < 1.29 is 4.42 Å². The van der Waals surface area contributed by atoms with Crippen molar-refractivity contribution in [2.45, 2.75) is 53.9 Å². The lowest BCUT2D eigenvalue weighted by Gasteiger charge is -2.26. The van der Waals surface area contributed by atoms with E-state index < -0.39 is 0 Å². The molecule has 0 amide bonds. The van der Waals surface area contributed by atoms with Crippen LogP contribution in [-0.2, 0) is 5.41 Å². The molecule has 3 rings (SSSR count). The third-order valence-electron chi connectivity index (χ3n) is 4.47. The van der Waals surface area contributed by atoms with E-state index in [1.54, 1.807) is 0 Å². The van der Waals surface area contributed by atoms with Gasteiger partial charge in [-0.25, -0.2) is 4.58 Å². The lowest BCUT2D eigenvalue weighted by molar-refractivity contribution is 0.573. The van der Waals surface area contributed by atoms with Crippen LogP contribution in [0.3, 0.4) is 0 Å². The number of hydrogen-bond acceptors (Lipinski definition) is 2. The molecule has 0 radical (unpaired) electrons. The highest BCUT2D eigenvalue weighted by Crippen LogP contribution is 2.40. The summed E-state index contributed by atoms with van der Waals surface area (Å²) in [5.74, 6) is 0.939. The molecule has 0 atom stereocenters. The lowest BCUT2D eigenvalue weighted by atomic mass is 9.80.